The van der Waals surface area contributed by atoms with E-state index >= 15 is 0 Å². The number of ether oxygens (including phenoxy) is 1. The Balaban J connectivity index is 1.38. The van der Waals surface area contributed by atoms with Crippen molar-refractivity contribution < 1.29 is 9.84 Å². The van der Waals surface area contributed by atoms with Crippen molar-refractivity contribution in [2.45, 2.75) is 30.3 Å². The van der Waals surface area contributed by atoms with E-state index in [1.165, 1.54) is 34.5 Å². The zero-order valence-corrected chi connectivity index (χ0v) is 17.4. The second-order valence-electron chi connectivity index (χ2n) is 7.15. The molecule has 0 spiro atoms. The molecule has 2 aromatic carbocycles. The van der Waals surface area contributed by atoms with Gasteiger partial charge in [-0.15, -0.1) is 0 Å². The Labute approximate surface area is 169 Å². The van der Waals surface area contributed by atoms with Crippen molar-refractivity contribution in [1.82, 2.24) is 4.90 Å². The average molecular weight is 427 g/mol. The standard InChI is InChI=1S/C23H26NO2Se/c1-26-15-20-8-5-13-24(20)21-9-4-10-23(21)27-16-22(25)19-12-11-17-6-2-3-7-18(17)14-19/h2-4,6-7,9-12,14,20,22,25H,5,8,13,15-16H2,1H3/t20-,22?/m0/s1. The van der Waals surface area contributed by atoms with Gasteiger partial charge >= 0.3 is 169 Å². The number of likely N-dealkylation sites (tertiary alicyclic amines) is 1. The molecule has 2 fully saturated rings. The summed E-state index contributed by atoms with van der Waals surface area (Å²) in [5.41, 5.74) is 1.02. The van der Waals surface area contributed by atoms with E-state index < -0.39 is 6.10 Å². The third kappa shape index (κ3) is 4.41. The van der Waals surface area contributed by atoms with Crippen LogP contribution in [0.4, 0.5) is 0 Å². The van der Waals surface area contributed by atoms with Crippen LogP contribution in [0.3, 0.4) is 0 Å². The van der Waals surface area contributed by atoms with Gasteiger partial charge in [-0.1, -0.05) is 0 Å². The zero-order chi connectivity index (χ0) is 18.6. The van der Waals surface area contributed by atoms with Crippen LogP contribution in [0.5, 0.6) is 0 Å². The second-order valence-corrected chi connectivity index (χ2v) is 9.38. The van der Waals surface area contributed by atoms with Crippen molar-refractivity contribution in [1.29, 1.82) is 0 Å². The van der Waals surface area contributed by atoms with E-state index in [2.05, 4.69) is 54.5 Å². The maximum absolute atomic E-state index is 10.8. The van der Waals surface area contributed by atoms with Gasteiger partial charge in [-0.3, -0.25) is 0 Å². The van der Waals surface area contributed by atoms with E-state index in [0.29, 0.717) is 6.04 Å². The third-order valence-electron chi connectivity index (χ3n) is 5.35. The molecule has 141 valence electrons. The molecule has 4 heteroatoms. The van der Waals surface area contributed by atoms with E-state index in [1.807, 2.05) is 12.1 Å². The van der Waals surface area contributed by atoms with Gasteiger partial charge in [0.05, 0.1) is 0 Å². The van der Waals surface area contributed by atoms with Crippen LogP contribution in [0, 0.1) is 30.1 Å². The fraction of sp³-hybridized carbons (Fsp3) is 0.348. The van der Waals surface area contributed by atoms with Crippen LogP contribution in [0.15, 0.2) is 42.5 Å². The summed E-state index contributed by atoms with van der Waals surface area (Å²) >= 11 is 0.240. The Morgan fingerprint density at radius 2 is 2.04 bits per heavy atom. The van der Waals surface area contributed by atoms with E-state index in [4.69, 9.17) is 4.74 Å². The molecule has 0 aromatic heterocycles. The van der Waals surface area contributed by atoms with Gasteiger partial charge in [-0.25, -0.2) is 0 Å². The average Bonchev–Trinajstić information content (AvgIpc) is 3.34. The monoisotopic (exact) mass is 428 g/mol. The van der Waals surface area contributed by atoms with Gasteiger partial charge < -0.3 is 0 Å². The van der Waals surface area contributed by atoms with Crippen LogP contribution in [-0.2, 0) is 4.74 Å². The number of benzene rings is 2. The van der Waals surface area contributed by atoms with Gasteiger partial charge in [-0.05, 0) is 0 Å². The minimum atomic E-state index is -0.411. The van der Waals surface area contributed by atoms with E-state index in [-0.39, 0.29) is 15.0 Å². The SMILES string of the molecule is COC[C@@H]1CCCN1[C]1[CH][CH][CH][C]1[Se]CC(O)c1ccc2ccccc2c1. The number of aliphatic hydroxyl groups is 1. The van der Waals surface area contributed by atoms with E-state index in [9.17, 15) is 5.11 Å². The summed E-state index contributed by atoms with van der Waals surface area (Å²) in [6.45, 7) is 1.89. The van der Waals surface area contributed by atoms with Crippen LogP contribution in [0.1, 0.15) is 24.5 Å². The fourth-order valence-electron chi connectivity index (χ4n) is 3.95. The minimum absolute atomic E-state index is 0.240. The van der Waals surface area contributed by atoms with Crippen LogP contribution < -0.4 is 0 Å². The van der Waals surface area contributed by atoms with E-state index in [1.54, 1.807) is 7.11 Å². The number of methoxy groups -OCH3 is 1. The molecular formula is C23H26NO2Se. The third-order valence-corrected chi connectivity index (χ3v) is 7.74. The molecule has 27 heavy (non-hydrogen) atoms. The van der Waals surface area contributed by atoms with E-state index in [0.717, 1.165) is 24.0 Å². The number of aliphatic hydroxyl groups excluding tert-OH is 1. The van der Waals surface area contributed by atoms with Crippen LogP contribution >= 0.6 is 0 Å². The Kier molecular flexibility index (Phi) is 6.52. The first kappa shape index (κ1) is 19.4. The van der Waals surface area contributed by atoms with Crippen molar-refractivity contribution >= 4 is 25.7 Å². The van der Waals surface area contributed by atoms with Crippen molar-refractivity contribution in [3.8, 4) is 0 Å². The maximum atomic E-state index is 10.8. The van der Waals surface area contributed by atoms with Gasteiger partial charge in [0.25, 0.3) is 0 Å². The molecule has 2 aliphatic rings. The summed E-state index contributed by atoms with van der Waals surface area (Å²) in [6.07, 6.45) is 8.62. The topological polar surface area (TPSA) is 32.7 Å². The molecule has 3 nitrogen and oxygen atoms in total. The molecular weight excluding hydrogens is 401 g/mol. The molecule has 1 saturated carbocycles. The molecule has 1 N–H and O–H groups in total. The zero-order valence-electron chi connectivity index (χ0n) is 15.7. The van der Waals surface area contributed by atoms with Crippen molar-refractivity contribution in [2.75, 3.05) is 20.3 Å². The molecule has 0 bridgehead atoms. The molecule has 1 unspecified atom stereocenters. The summed E-state index contributed by atoms with van der Waals surface area (Å²) in [5.74, 6) is 0. The Morgan fingerprint density at radius 3 is 2.89 bits per heavy atom. The fourth-order valence-corrected chi connectivity index (χ4v) is 6.13. The van der Waals surface area contributed by atoms with Crippen molar-refractivity contribution in [2.24, 2.45) is 0 Å². The Morgan fingerprint density at radius 1 is 1.19 bits per heavy atom. The van der Waals surface area contributed by atoms with Gasteiger partial charge in [0, 0.05) is 0 Å². The molecule has 2 aromatic rings. The predicted octanol–water partition coefficient (Wildman–Crippen LogP) is 3.80. The first-order valence-corrected chi connectivity index (χ1v) is 11.6. The van der Waals surface area contributed by atoms with Gasteiger partial charge in [0.2, 0.25) is 0 Å². The number of nitrogens with zero attached hydrogens (tertiary/aromatic N) is 1. The molecule has 5 radical (unpaired) electrons. The molecule has 1 aliphatic heterocycles. The summed E-state index contributed by atoms with van der Waals surface area (Å²) < 4.78 is 5.41. The summed E-state index contributed by atoms with van der Waals surface area (Å²) in [7, 11) is 1.78. The summed E-state index contributed by atoms with van der Waals surface area (Å²) in [5, 5.41) is 14.0. The number of fused-ring (bicyclic) bond motifs is 1. The summed E-state index contributed by atoms with van der Waals surface area (Å²) in [6, 6.07) is 16.4. The number of hydrogen-bond donors (Lipinski definition) is 1. The molecule has 4 rings (SSSR count). The normalized spacial score (nSPS) is 23.4. The van der Waals surface area contributed by atoms with Crippen LogP contribution in [0.25, 0.3) is 10.8 Å². The Hall–Kier alpha value is -0.901. The van der Waals surface area contributed by atoms with Crippen LogP contribution in [-0.4, -0.2) is 51.3 Å². The molecule has 1 saturated heterocycles. The van der Waals surface area contributed by atoms with Crippen LogP contribution in [0.2, 0.25) is 5.32 Å². The molecule has 0 amide bonds. The summed E-state index contributed by atoms with van der Waals surface area (Å²) in [4.78, 5) is 3.90. The van der Waals surface area contributed by atoms with Crippen molar-refractivity contribution in [3.05, 3.63) is 78.1 Å². The first-order valence-electron chi connectivity index (χ1n) is 9.57. The molecule has 2 atom stereocenters. The first-order chi connectivity index (χ1) is 13.3. The van der Waals surface area contributed by atoms with Gasteiger partial charge in [-0.2, -0.15) is 0 Å². The van der Waals surface area contributed by atoms with Crippen molar-refractivity contribution in [3.63, 3.8) is 0 Å². The predicted molar refractivity (Wildman–Crippen MR) is 110 cm³/mol. The van der Waals surface area contributed by atoms with Gasteiger partial charge in [0.15, 0.2) is 0 Å². The number of rotatable bonds is 7. The van der Waals surface area contributed by atoms with Gasteiger partial charge in [0.1, 0.15) is 0 Å². The quantitative estimate of drug-likeness (QED) is 0.683. The Bertz CT molecular complexity index is 752. The molecule has 1 aliphatic carbocycles. The molecule has 1 heterocycles. The second kappa shape index (κ2) is 9.07. The number of hydrogen-bond acceptors (Lipinski definition) is 3.